The van der Waals surface area contributed by atoms with Crippen molar-refractivity contribution in [2.75, 3.05) is 37.3 Å². The van der Waals surface area contributed by atoms with Crippen LogP contribution in [-0.2, 0) is 4.74 Å². The standard InChI is InChI=1S/C15H18ClN5O/c16-11-3-1-2-10(6-11)13-9-20-15(17)21-14(13)19-8-12-7-18-4-5-22-12/h1-3,6,9,12,18H,4-5,7-8H2,(H3,17,19,20,21). The van der Waals surface area contributed by atoms with Crippen molar-refractivity contribution < 1.29 is 4.74 Å². The molecule has 3 rings (SSSR count). The van der Waals surface area contributed by atoms with Crippen molar-refractivity contribution in [3.05, 3.63) is 35.5 Å². The number of morpholine rings is 1. The number of hydrogen-bond acceptors (Lipinski definition) is 6. The van der Waals surface area contributed by atoms with Gasteiger partial charge in [-0.2, -0.15) is 4.98 Å². The summed E-state index contributed by atoms with van der Waals surface area (Å²) >= 11 is 6.06. The van der Waals surface area contributed by atoms with Crippen LogP contribution in [0.25, 0.3) is 11.1 Å². The number of nitrogens with two attached hydrogens (primary N) is 1. The van der Waals surface area contributed by atoms with Crippen LogP contribution < -0.4 is 16.4 Å². The van der Waals surface area contributed by atoms with E-state index >= 15 is 0 Å². The highest BCUT2D eigenvalue weighted by Crippen LogP contribution is 2.28. The lowest BCUT2D eigenvalue weighted by Crippen LogP contribution is -2.42. The molecule has 0 saturated carbocycles. The number of nitrogens with one attached hydrogen (secondary N) is 2. The minimum atomic E-state index is 0.108. The first kappa shape index (κ1) is 15.0. The fourth-order valence-corrected chi connectivity index (χ4v) is 2.55. The summed E-state index contributed by atoms with van der Waals surface area (Å²) in [5.74, 6) is 0.917. The summed E-state index contributed by atoms with van der Waals surface area (Å²) < 4.78 is 5.67. The molecule has 1 aliphatic heterocycles. The van der Waals surface area contributed by atoms with E-state index in [9.17, 15) is 0 Å². The molecule has 22 heavy (non-hydrogen) atoms. The summed E-state index contributed by atoms with van der Waals surface area (Å²) in [6, 6.07) is 7.56. The van der Waals surface area contributed by atoms with Gasteiger partial charge in [-0.3, -0.25) is 0 Å². The Labute approximate surface area is 134 Å². The molecule has 0 bridgehead atoms. The number of benzene rings is 1. The minimum absolute atomic E-state index is 0.108. The molecule has 4 N–H and O–H groups in total. The van der Waals surface area contributed by atoms with Crippen molar-refractivity contribution in [3.63, 3.8) is 0 Å². The van der Waals surface area contributed by atoms with Gasteiger partial charge in [0.15, 0.2) is 0 Å². The predicted octanol–water partition coefficient (Wildman–Crippen LogP) is 1.78. The Morgan fingerprint density at radius 2 is 2.36 bits per heavy atom. The van der Waals surface area contributed by atoms with E-state index in [4.69, 9.17) is 22.1 Å². The fraction of sp³-hybridized carbons (Fsp3) is 0.333. The number of nitrogens with zero attached hydrogens (tertiary/aromatic N) is 2. The summed E-state index contributed by atoms with van der Waals surface area (Å²) in [6.07, 6.45) is 1.81. The molecule has 1 aromatic heterocycles. The first-order valence-electron chi connectivity index (χ1n) is 7.17. The third-order valence-corrected chi connectivity index (χ3v) is 3.68. The van der Waals surface area contributed by atoms with Crippen LogP contribution >= 0.6 is 11.6 Å². The number of ether oxygens (including phenoxy) is 1. The normalized spacial score (nSPS) is 18.1. The molecule has 116 valence electrons. The van der Waals surface area contributed by atoms with Crippen LogP contribution in [0.5, 0.6) is 0 Å². The lowest BCUT2D eigenvalue weighted by Gasteiger charge is -2.24. The van der Waals surface area contributed by atoms with E-state index in [1.54, 1.807) is 6.20 Å². The number of hydrogen-bond donors (Lipinski definition) is 3. The average molecular weight is 320 g/mol. The molecule has 2 heterocycles. The largest absolute Gasteiger partial charge is 0.374 e. The number of nitrogen functional groups attached to an aromatic ring is 1. The van der Waals surface area contributed by atoms with E-state index in [1.807, 2.05) is 24.3 Å². The van der Waals surface area contributed by atoms with Crippen molar-refractivity contribution in [2.45, 2.75) is 6.10 Å². The SMILES string of the molecule is Nc1ncc(-c2cccc(Cl)c2)c(NCC2CNCCO2)n1. The lowest BCUT2D eigenvalue weighted by atomic mass is 10.1. The van der Waals surface area contributed by atoms with E-state index in [0.29, 0.717) is 17.4 Å². The topological polar surface area (TPSA) is 85.1 Å². The second-order valence-corrected chi connectivity index (χ2v) is 5.52. The van der Waals surface area contributed by atoms with Crippen LogP contribution in [0.15, 0.2) is 30.5 Å². The molecule has 1 unspecified atom stereocenters. The molecule has 1 aliphatic rings. The van der Waals surface area contributed by atoms with Crippen molar-refractivity contribution in [3.8, 4) is 11.1 Å². The fourth-order valence-electron chi connectivity index (χ4n) is 2.36. The summed E-state index contributed by atoms with van der Waals surface area (Å²) in [6.45, 7) is 3.08. The molecule has 0 aliphatic carbocycles. The Morgan fingerprint density at radius 1 is 1.45 bits per heavy atom. The summed E-state index contributed by atoms with van der Waals surface area (Å²) in [7, 11) is 0. The average Bonchev–Trinajstić information content (AvgIpc) is 2.54. The van der Waals surface area contributed by atoms with Gasteiger partial charge in [-0.05, 0) is 17.7 Å². The highest BCUT2D eigenvalue weighted by Gasteiger charge is 2.15. The van der Waals surface area contributed by atoms with Gasteiger partial charge in [0, 0.05) is 36.4 Å². The molecular formula is C15H18ClN5O. The van der Waals surface area contributed by atoms with Gasteiger partial charge in [0.2, 0.25) is 5.95 Å². The van der Waals surface area contributed by atoms with E-state index < -0.39 is 0 Å². The highest BCUT2D eigenvalue weighted by molar-refractivity contribution is 6.30. The Bertz CT molecular complexity index is 646. The molecule has 1 aromatic carbocycles. The van der Waals surface area contributed by atoms with Gasteiger partial charge in [-0.15, -0.1) is 0 Å². The smallest absolute Gasteiger partial charge is 0.221 e. The number of aromatic nitrogens is 2. The minimum Gasteiger partial charge on any atom is -0.374 e. The zero-order valence-electron chi connectivity index (χ0n) is 12.1. The van der Waals surface area contributed by atoms with Crippen LogP contribution in [0.3, 0.4) is 0 Å². The Kier molecular flexibility index (Phi) is 4.72. The second kappa shape index (κ2) is 6.91. The van der Waals surface area contributed by atoms with Crippen LogP contribution in [-0.4, -0.2) is 42.3 Å². The first-order valence-corrected chi connectivity index (χ1v) is 7.55. The Morgan fingerprint density at radius 3 is 3.14 bits per heavy atom. The van der Waals surface area contributed by atoms with Gasteiger partial charge in [0.1, 0.15) is 5.82 Å². The monoisotopic (exact) mass is 319 g/mol. The van der Waals surface area contributed by atoms with E-state index in [2.05, 4.69) is 20.6 Å². The maximum Gasteiger partial charge on any atom is 0.221 e. The van der Waals surface area contributed by atoms with Crippen molar-refractivity contribution >= 4 is 23.4 Å². The van der Waals surface area contributed by atoms with Crippen LogP contribution in [0, 0.1) is 0 Å². The van der Waals surface area contributed by atoms with Crippen LogP contribution in [0.1, 0.15) is 0 Å². The van der Waals surface area contributed by atoms with Gasteiger partial charge >= 0.3 is 0 Å². The second-order valence-electron chi connectivity index (χ2n) is 5.08. The first-order chi connectivity index (χ1) is 10.7. The van der Waals surface area contributed by atoms with Gasteiger partial charge in [-0.25, -0.2) is 4.98 Å². The summed E-state index contributed by atoms with van der Waals surface area (Å²) in [5, 5.41) is 7.27. The summed E-state index contributed by atoms with van der Waals surface area (Å²) in [5.41, 5.74) is 7.52. The number of anilines is 2. The van der Waals surface area contributed by atoms with Crippen LogP contribution in [0.4, 0.5) is 11.8 Å². The maximum absolute atomic E-state index is 6.06. The molecular weight excluding hydrogens is 302 g/mol. The highest BCUT2D eigenvalue weighted by atomic mass is 35.5. The van der Waals surface area contributed by atoms with Gasteiger partial charge < -0.3 is 21.1 Å². The molecule has 0 amide bonds. The van der Waals surface area contributed by atoms with Gasteiger partial charge in [-0.1, -0.05) is 23.7 Å². The lowest BCUT2D eigenvalue weighted by molar-refractivity contribution is 0.0372. The third-order valence-electron chi connectivity index (χ3n) is 3.44. The zero-order chi connectivity index (χ0) is 15.4. The van der Waals surface area contributed by atoms with E-state index in [1.165, 1.54) is 0 Å². The van der Waals surface area contributed by atoms with Crippen LogP contribution in [0.2, 0.25) is 5.02 Å². The molecule has 0 spiro atoms. The molecule has 1 saturated heterocycles. The predicted molar refractivity (Wildman–Crippen MR) is 88.0 cm³/mol. The third kappa shape index (κ3) is 3.65. The van der Waals surface area contributed by atoms with Gasteiger partial charge in [0.05, 0.1) is 12.7 Å². The molecule has 6 nitrogen and oxygen atoms in total. The van der Waals surface area contributed by atoms with Crippen molar-refractivity contribution in [1.29, 1.82) is 0 Å². The molecule has 1 fully saturated rings. The number of rotatable bonds is 4. The zero-order valence-corrected chi connectivity index (χ0v) is 12.8. The number of halogens is 1. The molecule has 7 heteroatoms. The molecule has 0 radical (unpaired) electrons. The molecule has 1 atom stereocenters. The maximum atomic E-state index is 6.06. The quantitative estimate of drug-likeness (QED) is 0.796. The molecule has 2 aromatic rings. The summed E-state index contributed by atoms with van der Waals surface area (Å²) in [4.78, 5) is 8.38. The Balaban J connectivity index is 1.81. The van der Waals surface area contributed by atoms with E-state index in [-0.39, 0.29) is 12.1 Å². The van der Waals surface area contributed by atoms with Gasteiger partial charge in [0.25, 0.3) is 0 Å². The van der Waals surface area contributed by atoms with Crippen molar-refractivity contribution in [1.82, 2.24) is 15.3 Å². The Hall–Kier alpha value is -1.89. The van der Waals surface area contributed by atoms with Crippen molar-refractivity contribution in [2.24, 2.45) is 0 Å². The van der Waals surface area contributed by atoms with E-state index in [0.717, 1.165) is 30.8 Å².